The van der Waals surface area contributed by atoms with Crippen molar-refractivity contribution < 1.29 is 14.1 Å². The van der Waals surface area contributed by atoms with Gasteiger partial charge in [0.1, 0.15) is 0 Å². The van der Waals surface area contributed by atoms with Crippen molar-refractivity contribution in [1.29, 1.82) is 0 Å². The van der Waals surface area contributed by atoms with E-state index in [1.807, 2.05) is 37.3 Å². The highest BCUT2D eigenvalue weighted by Gasteiger charge is 2.21. The van der Waals surface area contributed by atoms with E-state index in [4.69, 9.17) is 9.26 Å². The molecule has 5 heteroatoms. The third kappa shape index (κ3) is 3.42. The molecule has 1 heterocycles. The standard InChI is InChI=1S/C17H18N2O3/c1-12-7-9-13(10-8-12)16-18-15(19-22-16)11-21-17(20)14-5-3-2-4-6-14/h2-3,7-10,14H,4-6,11H2,1H3/t14-/m0/s1. The number of allylic oxidation sites excluding steroid dienone is 2. The molecule has 0 N–H and O–H groups in total. The lowest BCUT2D eigenvalue weighted by Gasteiger charge is -2.15. The average Bonchev–Trinajstić information content (AvgIpc) is 3.03. The molecule has 1 aromatic carbocycles. The van der Waals surface area contributed by atoms with E-state index in [0.29, 0.717) is 11.7 Å². The molecule has 1 aliphatic carbocycles. The van der Waals surface area contributed by atoms with Gasteiger partial charge in [-0.05, 0) is 38.3 Å². The molecule has 3 rings (SSSR count). The minimum absolute atomic E-state index is 0.0477. The normalized spacial score (nSPS) is 17.4. The molecule has 2 aromatic rings. The van der Waals surface area contributed by atoms with Gasteiger partial charge in [0.2, 0.25) is 5.82 Å². The Morgan fingerprint density at radius 1 is 1.32 bits per heavy atom. The van der Waals surface area contributed by atoms with Crippen molar-refractivity contribution in [3.8, 4) is 11.5 Å². The molecule has 0 fully saturated rings. The van der Waals surface area contributed by atoms with Crippen LogP contribution in [0.4, 0.5) is 0 Å². The first-order valence-corrected chi connectivity index (χ1v) is 7.43. The first kappa shape index (κ1) is 14.5. The Labute approximate surface area is 129 Å². The van der Waals surface area contributed by atoms with Crippen LogP contribution in [0.1, 0.15) is 30.7 Å². The zero-order chi connectivity index (χ0) is 15.4. The lowest BCUT2D eigenvalue weighted by molar-refractivity contribution is -0.150. The minimum Gasteiger partial charge on any atom is -0.457 e. The molecule has 0 saturated carbocycles. The molecule has 0 saturated heterocycles. The molecule has 1 aliphatic rings. The van der Waals surface area contributed by atoms with E-state index >= 15 is 0 Å². The summed E-state index contributed by atoms with van der Waals surface area (Å²) in [7, 11) is 0. The Hall–Kier alpha value is -2.43. The third-order valence-corrected chi connectivity index (χ3v) is 3.71. The van der Waals surface area contributed by atoms with Gasteiger partial charge in [-0.2, -0.15) is 4.98 Å². The highest BCUT2D eigenvalue weighted by molar-refractivity contribution is 5.72. The van der Waals surface area contributed by atoms with Crippen molar-refractivity contribution in [3.05, 3.63) is 47.8 Å². The summed E-state index contributed by atoms with van der Waals surface area (Å²) >= 11 is 0. The van der Waals surface area contributed by atoms with Crippen molar-refractivity contribution in [3.63, 3.8) is 0 Å². The van der Waals surface area contributed by atoms with Crippen molar-refractivity contribution >= 4 is 5.97 Å². The van der Waals surface area contributed by atoms with Crippen LogP contribution in [0.15, 0.2) is 40.9 Å². The highest BCUT2D eigenvalue weighted by atomic mass is 16.5. The smallest absolute Gasteiger partial charge is 0.309 e. The molecule has 5 nitrogen and oxygen atoms in total. The summed E-state index contributed by atoms with van der Waals surface area (Å²) in [6, 6.07) is 7.81. The Balaban J connectivity index is 1.58. The maximum atomic E-state index is 11.9. The molecule has 0 amide bonds. The molecular weight excluding hydrogens is 280 g/mol. The van der Waals surface area contributed by atoms with Gasteiger partial charge in [-0.3, -0.25) is 4.79 Å². The second-order valence-corrected chi connectivity index (χ2v) is 5.47. The van der Waals surface area contributed by atoms with Crippen molar-refractivity contribution in [2.75, 3.05) is 0 Å². The summed E-state index contributed by atoms with van der Waals surface area (Å²) in [4.78, 5) is 16.2. The van der Waals surface area contributed by atoms with E-state index in [0.717, 1.165) is 24.8 Å². The summed E-state index contributed by atoms with van der Waals surface area (Å²) in [6.45, 7) is 2.07. The molecule has 0 unspecified atom stereocenters. The average molecular weight is 298 g/mol. The molecule has 1 atom stereocenters. The van der Waals surface area contributed by atoms with Gasteiger partial charge in [0.05, 0.1) is 5.92 Å². The number of hydrogen-bond acceptors (Lipinski definition) is 5. The van der Waals surface area contributed by atoms with Crippen LogP contribution in [-0.4, -0.2) is 16.1 Å². The number of rotatable bonds is 4. The monoisotopic (exact) mass is 298 g/mol. The van der Waals surface area contributed by atoms with Crippen LogP contribution in [0.2, 0.25) is 0 Å². The highest BCUT2D eigenvalue weighted by Crippen LogP contribution is 2.21. The fourth-order valence-electron chi connectivity index (χ4n) is 2.39. The number of aryl methyl sites for hydroxylation is 1. The molecule has 0 aliphatic heterocycles. The van der Waals surface area contributed by atoms with Crippen molar-refractivity contribution in [1.82, 2.24) is 10.1 Å². The van der Waals surface area contributed by atoms with Gasteiger partial charge in [-0.25, -0.2) is 0 Å². The van der Waals surface area contributed by atoms with E-state index in [1.165, 1.54) is 5.56 Å². The van der Waals surface area contributed by atoms with Gasteiger partial charge in [-0.15, -0.1) is 0 Å². The SMILES string of the molecule is Cc1ccc(-c2nc(COC(=O)[C@H]3CC=CCC3)no2)cc1. The van der Waals surface area contributed by atoms with Crippen molar-refractivity contribution in [2.24, 2.45) is 5.92 Å². The van der Waals surface area contributed by atoms with Gasteiger partial charge >= 0.3 is 5.97 Å². The zero-order valence-corrected chi connectivity index (χ0v) is 12.5. The Morgan fingerprint density at radius 3 is 2.86 bits per heavy atom. The summed E-state index contributed by atoms with van der Waals surface area (Å²) in [5, 5.41) is 3.85. The molecule has 114 valence electrons. The van der Waals surface area contributed by atoms with Crippen molar-refractivity contribution in [2.45, 2.75) is 32.8 Å². The minimum atomic E-state index is -0.189. The Bertz CT molecular complexity index is 673. The number of benzene rings is 1. The number of ether oxygens (including phenoxy) is 1. The fourth-order valence-corrected chi connectivity index (χ4v) is 2.39. The molecule has 1 aromatic heterocycles. The van der Waals surface area contributed by atoms with Crippen LogP contribution in [0.25, 0.3) is 11.5 Å². The molecular formula is C17H18N2O3. The van der Waals surface area contributed by atoms with Gasteiger partial charge in [0, 0.05) is 5.56 Å². The fraction of sp³-hybridized carbons (Fsp3) is 0.353. The van der Waals surface area contributed by atoms with Crippen LogP contribution >= 0.6 is 0 Å². The summed E-state index contributed by atoms with van der Waals surface area (Å²) in [5.74, 6) is 0.585. The van der Waals surface area contributed by atoms with Crippen LogP contribution in [0, 0.1) is 12.8 Å². The maximum Gasteiger partial charge on any atom is 0.309 e. The number of esters is 1. The van der Waals surface area contributed by atoms with E-state index in [9.17, 15) is 4.79 Å². The van der Waals surface area contributed by atoms with Crippen LogP contribution in [-0.2, 0) is 16.1 Å². The number of hydrogen-bond donors (Lipinski definition) is 0. The van der Waals surface area contributed by atoms with Gasteiger partial charge in [0.15, 0.2) is 6.61 Å². The van der Waals surface area contributed by atoms with E-state index in [2.05, 4.69) is 16.2 Å². The largest absolute Gasteiger partial charge is 0.457 e. The van der Waals surface area contributed by atoms with Gasteiger partial charge < -0.3 is 9.26 Å². The zero-order valence-electron chi connectivity index (χ0n) is 12.5. The molecule has 22 heavy (non-hydrogen) atoms. The lowest BCUT2D eigenvalue weighted by Crippen LogP contribution is -2.18. The molecule has 0 spiro atoms. The molecule has 0 radical (unpaired) electrons. The predicted molar refractivity (Wildman–Crippen MR) is 80.7 cm³/mol. The van der Waals surface area contributed by atoms with Gasteiger partial charge in [0.25, 0.3) is 5.89 Å². The lowest BCUT2D eigenvalue weighted by atomic mass is 9.95. The van der Waals surface area contributed by atoms with Crippen LogP contribution in [0.5, 0.6) is 0 Å². The first-order valence-electron chi connectivity index (χ1n) is 7.43. The Morgan fingerprint density at radius 2 is 2.14 bits per heavy atom. The predicted octanol–water partition coefficient (Wildman–Crippen LogP) is 3.44. The van der Waals surface area contributed by atoms with Crippen LogP contribution in [0.3, 0.4) is 0 Å². The number of nitrogens with zero attached hydrogens (tertiary/aromatic N) is 2. The summed E-state index contributed by atoms with van der Waals surface area (Å²) in [6.07, 6.45) is 6.64. The van der Waals surface area contributed by atoms with E-state index in [1.54, 1.807) is 0 Å². The second kappa shape index (κ2) is 6.56. The third-order valence-electron chi connectivity index (χ3n) is 3.71. The maximum absolute atomic E-state index is 11.9. The molecule has 0 bridgehead atoms. The first-order chi connectivity index (χ1) is 10.7. The summed E-state index contributed by atoms with van der Waals surface area (Å²) < 4.78 is 10.5. The quantitative estimate of drug-likeness (QED) is 0.639. The number of aromatic nitrogens is 2. The van der Waals surface area contributed by atoms with Crippen LogP contribution < -0.4 is 0 Å². The Kier molecular flexibility index (Phi) is 4.32. The number of carbonyl (C=O) groups is 1. The second-order valence-electron chi connectivity index (χ2n) is 5.47. The topological polar surface area (TPSA) is 65.2 Å². The van der Waals surface area contributed by atoms with E-state index < -0.39 is 0 Å². The van der Waals surface area contributed by atoms with E-state index in [-0.39, 0.29) is 18.5 Å². The summed E-state index contributed by atoms with van der Waals surface area (Å²) in [5.41, 5.74) is 2.02. The number of carbonyl (C=O) groups excluding carboxylic acids is 1. The van der Waals surface area contributed by atoms with Gasteiger partial charge in [-0.1, -0.05) is 35.0 Å².